The molecule has 1 aromatic rings. The van der Waals surface area contributed by atoms with E-state index < -0.39 is 0 Å². The average Bonchev–Trinajstić information content (AvgIpc) is 2.27. The Labute approximate surface area is 105 Å². The summed E-state index contributed by atoms with van der Waals surface area (Å²) in [7, 11) is 0. The molecule has 0 aromatic carbocycles. The van der Waals surface area contributed by atoms with Gasteiger partial charge in [-0.2, -0.15) is 0 Å². The molecule has 1 heterocycles. The molecule has 92 valence electrons. The molecule has 0 aliphatic heterocycles. The van der Waals surface area contributed by atoms with Gasteiger partial charge in [-0.1, -0.05) is 26.2 Å². The van der Waals surface area contributed by atoms with Crippen LogP contribution < -0.4 is 17.0 Å². The monoisotopic (exact) mass is 243 g/mol. The molecule has 0 bridgehead atoms. The van der Waals surface area contributed by atoms with Gasteiger partial charge >= 0.3 is 0 Å². The van der Waals surface area contributed by atoms with Crippen molar-refractivity contribution >= 4 is 0 Å². The predicted octanol–water partition coefficient (Wildman–Crippen LogP) is -0.907. The third kappa shape index (κ3) is 6.09. The van der Waals surface area contributed by atoms with Gasteiger partial charge in [0.25, 0.3) is 0 Å². The number of unbranched alkanes of at least 4 members (excludes halogenated alkanes) is 3. The molecular formula is C13H22ClNO. The van der Waals surface area contributed by atoms with Gasteiger partial charge in [-0.3, -0.25) is 0 Å². The van der Waals surface area contributed by atoms with Crippen molar-refractivity contribution in [2.24, 2.45) is 0 Å². The van der Waals surface area contributed by atoms with Crippen LogP contribution in [0.4, 0.5) is 0 Å². The zero-order valence-corrected chi connectivity index (χ0v) is 10.8. The summed E-state index contributed by atoms with van der Waals surface area (Å²) < 4.78 is 2.01. The first kappa shape index (κ1) is 15.4. The zero-order chi connectivity index (χ0) is 10.9. The van der Waals surface area contributed by atoms with Crippen molar-refractivity contribution in [2.75, 3.05) is 6.61 Å². The molecule has 0 atom stereocenters. The van der Waals surface area contributed by atoms with Crippen molar-refractivity contribution in [1.29, 1.82) is 0 Å². The fourth-order valence-electron chi connectivity index (χ4n) is 1.68. The summed E-state index contributed by atoms with van der Waals surface area (Å²) in [6.07, 6.45) is 10.5. The average molecular weight is 244 g/mol. The van der Waals surface area contributed by atoms with Crippen LogP contribution in [0.2, 0.25) is 0 Å². The Morgan fingerprint density at radius 2 is 1.81 bits per heavy atom. The van der Waals surface area contributed by atoms with E-state index in [1.54, 1.807) is 0 Å². The van der Waals surface area contributed by atoms with Gasteiger partial charge in [-0.15, -0.1) is 0 Å². The number of pyridine rings is 1. The lowest BCUT2D eigenvalue weighted by atomic mass is 10.1. The van der Waals surface area contributed by atoms with Gasteiger partial charge in [-0.25, -0.2) is 4.57 Å². The second-order valence-corrected chi connectivity index (χ2v) is 3.98. The van der Waals surface area contributed by atoms with Gasteiger partial charge < -0.3 is 17.5 Å². The molecule has 0 amide bonds. The second kappa shape index (κ2) is 9.61. The van der Waals surface area contributed by atoms with Gasteiger partial charge in [0.1, 0.15) is 6.61 Å². The third-order valence-electron chi connectivity index (χ3n) is 2.64. The Morgan fingerprint density at radius 3 is 2.38 bits per heavy atom. The summed E-state index contributed by atoms with van der Waals surface area (Å²) >= 11 is 0. The normalized spacial score (nSPS) is 9.88. The maximum absolute atomic E-state index is 8.77. The van der Waals surface area contributed by atoms with Crippen LogP contribution in [0.25, 0.3) is 0 Å². The lowest BCUT2D eigenvalue weighted by molar-refractivity contribution is -0.698. The fourth-order valence-corrected chi connectivity index (χ4v) is 1.68. The highest BCUT2D eigenvalue weighted by atomic mass is 35.5. The smallest absolute Gasteiger partial charge is 0.171 e. The zero-order valence-electron chi connectivity index (χ0n) is 10.0. The highest BCUT2D eigenvalue weighted by molar-refractivity contribution is 5.07. The molecule has 1 N–H and O–H groups in total. The first-order chi connectivity index (χ1) is 7.36. The van der Waals surface area contributed by atoms with E-state index in [-0.39, 0.29) is 19.0 Å². The van der Waals surface area contributed by atoms with Gasteiger partial charge in [-0.05, 0) is 18.4 Å². The largest absolute Gasteiger partial charge is 1.00 e. The first-order valence-corrected chi connectivity index (χ1v) is 5.95. The SMILES string of the molecule is CCCCCCc1cc[n+](CCO)cc1.[Cl-]. The highest BCUT2D eigenvalue weighted by Crippen LogP contribution is 2.05. The first-order valence-electron chi connectivity index (χ1n) is 5.95. The minimum absolute atomic E-state index is 0. The minimum atomic E-state index is 0. The van der Waals surface area contributed by atoms with Crippen molar-refractivity contribution in [1.82, 2.24) is 0 Å². The van der Waals surface area contributed by atoms with Crippen LogP contribution in [0.15, 0.2) is 24.5 Å². The van der Waals surface area contributed by atoms with Gasteiger partial charge in [0, 0.05) is 12.1 Å². The summed E-state index contributed by atoms with van der Waals surface area (Å²) in [5.74, 6) is 0. The van der Waals surface area contributed by atoms with E-state index in [1.807, 2.05) is 17.0 Å². The fraction of sp³-hybridized carbons (Fsp3) is 0.615. The van der Waals surface area contributed by atoms with E-state index in [1.165, 1.54) is 37.7 Å². The molecule has 3 heteroatoms. The van der Waals surface area contributed by atoms with Crippen molar-refractivity contribution < 1.29 is 22.1 Å². The summed E-state index contributed by atoms with van der Waals surface area (Å²) in [5.41, 5.74) is 1.40. The van der Waals surface area contributed by atoms with E-state index in [4.69, 9.17) is 5.11 Å². The highest BCUT2D eigenvalue weighted by Gasteiger charge is 1.99. The van der Waals surface area contributed by atoms with Crippen LogP contribution in [-0.4, -0.2) is 11.7 Å². The Bertz CT molecular complexity index is 261. The van der Waals surface area contributed by atoms with Crippen molar-refractivity contribution in [3.8, 4) is 0 Å². The van der Waals surface area contributed by atoms with Crippen molar-refractivity contribution in [2.45, 2.75) is 45.6 Å². The molecule has 0 saturated heterocycles. The number of aliphatic hydroxyl groups is 1. The van der Waals surface area contributed by atoms with Crippen LogP contribution in [0, 0.1) is 0 Å². The molecular weight excluding hydrogens is 222 g/mol. The quantitative estimate of drug-likeness (QED) is 0.487. The number of aryl methyl sites for hydroxylation is 1. The number of aliphatic hydroxyl groups excluding tert-OH is 1. The molecule has 0 spiro atoms. The van der Waals surface area contributed by atoms with E-state index in [0.717, 1.165) is 0 Å². The molecule has 0 saturated carbocycles. The van der Waals surface area contributed by atoms with Gasteiger partial charge in [0.2, 0.25) is 0 Å². The van der Waals surface area contributed by atoms with Gasteiger partial charge in [0.05, 0.1) is 0 Å². The van der Waals surface area contributed by atoms with E-state index in [2.05, 4.69) is 19.1 Å². The topological polar surface area (TPSA) is 24.1 Å². The predicted molar refractivity (Wildman–Crippen MR) is 61.6 cm³/mol. The molecule has 1 aromatic heterocycles. The molecule has 16 heavy (non-hydrogen) atoms. The number of halogens is 1. The summed E-state index contributed by atoms with van der Waals surface area (Å²) in [6, 6.07) is 4.31. The molecule has 0 radical (unpaired) electrons. The summed E-state index contributed by atoms with van der Waals surface area (Å²) in [4.78, 5) is 0. The van der Waals surface area contributed by atoms with E-state index >= 15 is 0 Å². The van der Waals surface area contributed by atoms with Crippen LogP contribution in [0.1, 0.15) is 38.2 Å². The van der Waals surface area contributed by atoms with Gasteiger partial charge in [0.15, 0.2) is 18.9 Å². The third-order valence-corrected chi connectivity index (χ3v) is 2.64. The maximum atomic E-state index is 8.77. The van der Waals surface area contributed by atoms with E-state index in [0.29, 0.717) is 6.54 Å². The van der Waals surface area contributed by atoms with Crippen LogP contribution in [0.3, 0.4) is 0 Å². The lowest BCUT2D eigenvalue weighted by Gasteiger charge is -2.00. The number of rotatable bonds is 7. The Morgan fingerprint density at radius 1 is 1.12 bits per heavy atom. The van der Waals surface area contributed by atoms with E-state index in [9.17, 15) is 0 Å². The summed E-state index contributed by atoms with van der Waals surface area (Å²) in [5, 5.41) is 8.77. The summed E-state index contributed by atoms with van der Waals surface area (Å²) in [6.45, 7) is 3.14. The molecule has 0 aliphatic carbocycles. The second-order valence-electron chi connectivity index (χ2n) is 3.98. The standard InChI is InChI=1S/C13H22NO.ClH/c1-2-3-4-5-6-13-7-9-14(10-8-13)11-12-15;/h7-10,15H,2-6,11-12H2,1H3;1H/q+1;/p-1. The Balaban J connectivity index is 0.00000225. The van der Waals surface area contributed by atoms with Crippen LogP contribution >= 0.6 is 0 Å². The molecule has 0 fully saturated rings. The molecule has 0 aliphatic rings. The number of hydrogen-bond donors (Lipinski definition) is 1. The van der Waals surface area contributed by atoms with Crippen LogP contribution in [0.5, 0.6) is 0 Å². The number of hydrogen-bond acceptors (Lipinski definition) is 1. The lowest BCUT2D eigenvalue weighted by Crippen LogP contribution is -3.00. The van der Waals surface area contributed by atoms with Crippen molar-refractivity contribution in [3.63, 3.8) is 0 Å². The Kier molecular flexibility index (Phi) is 9.25. The molecule has 2 nitrogen and oxygen atoms in total. The molecule has 0 unspecified atom stereocenters. The van der Waals surface area contributed by atoms with Crippen LogP contribution in [-0.2, 0) is 13.0 Å². The van der Waals surface area contributed by atoms with Crippen molar-refractivity contribution in [3.05, 3.63) is 30.1 Å². The maximum Gasteiger partial charge on any atom is 0.171 e. The minimum Gasteiger partial charge on any atom is -1.00 e. The molecule has 1 rings (SSSR count). The number of nitrogens with zero attached hydrogens (tertiary/aromatic N) is 1. The number of aromatic nitrogens is 1. The Hall–Kier alpha value is -0.600.